The van der Waals surface area contributed by atoms with Gasteiger partial charge in [-0.05, 0) is 56.9 Å². The molecule has 0 fully saturated rings. The van der Waals surface area contributed by atoms with Crippen LogP contribution in [0, 0.1) is 0 Å². The van der Waals surface area contributed by atoms with Crippen LogP contribution >= 0.6 is 0 Å². The van der Waals surface area contributed by atoms with Crippen molar-refractivity contribution in [3.05, 3.63) is 53.3 Å². The van der Waals surface area contributed by atoms with Crippen molar-refractivity contribution in [1.29, 1.82) is 0 Å². The molecule has 1 amide bonds. The summed E-state index contributed by atoms with van der Waals surface area (Å²) in [6.07, 6.45) is 5.74. The molecule has 2 atom stereocenters. The number of hydrogen-bond acceptors (Lipinski definition) is 4. The van der Waals surface area contributed by atoms with Crippen molar-refractivity contribution in [3.8, 4) is 11.5 Å². The molecule has 0 saturated heterocycles. The van der Waals surface area contributed by atoms with Crippen LogP contribution in [0.3, 0.4) is 0 Å². The zero-order valence-electron chi connectivity index (χ0n) is 18.9. The highest BCUT2D eigenvalue weighted by Gasteiger charge is 2.41. The highest BCUT2D eigenvalue weighted by atomic mass is 16.5. The molecule has 2 unspecified atom stereocenters. The van der Waals surface area contributed by atoms with Gasteiger partial charge in [0.2, 0.25) is 0 Å². The molecule has 5 heteroatoms. The zero-order valence-corrected chi connectivity index (χ0v) is 18.9. The lowest BCUT2D eigenvalue weighted by atomic mass is 9.76. The maximum Gasteiger partial charge on any atom is 0.272 e. The molecule has 0 radical (unpaired) electrons. The normalized spacial score (nSPS) is 20.2. The molecule has 1 aromatic carbocycles. The number of ether oxygens (including phenoxy) is 2. The van der Waals surface area contributed by atoms with Crippen LogP contribution in [0.25, 0.3) is 0 Å². The smallest absolute Gasteiger partial charge is 0.272 e. The van der Waals surface area contributed by atoms with Gasteiger partial charge in [-0.15, -0.1) is 0 Å². The maximum absolute atomic E-state index is 12.7. The van der Waals surface area contributed by atoms with E-state index in [2.05, 4.69) is 18.8 Å². The molecule has 1 aliphatic heterocycles. The van der Waals surface area contributed by atoms with E-state index in [1.165, 1.54) is 0 Å². The van der Waals surface area contributed by atoms with Crippen LogP contribution in [0.2, 0.25) is 0 Å². The second-order valence-electron chi connectivity index (χ2n) is 7.97. The molecule has 2 aromatic rings. The minimum Gasteiger partial charge on any atom is -0.496 e. The first-order chi connectivity index (χ1) is 14.5. The highest BCUT2D eigenvalue weighted by molar-refractivity contribution is 5.92. The van der Waals surface area contributed by atoms with Crippen LogP contribution in [0.1, 0.15) is 80.9 Å². The fourth-order valence-electron chi connectivity index (χ4n) is 4.58. The maximum atomic E-state index is 12.7. The number of hydrogen-bond donors (Lipinski definition) is 0. The largest absolute Gasteiger partial charge is 0.496 e. The van der Waals surface area contributed by atoms with Crippen molar-refractivity contribution < 1.29 is 14.3 Å². The molecular weight excluding hydrogens is 376 g/mol. The van der Waals surface area contributed by atoms with E-state index >= 15 is 0 Å². The van der Waals surface area contributed by atoms with E-state index in [9.17, 15) is 4.79 Å². The monoisotopic (exact) mass is 410 g/mol. The van der Waals surface area contributed by atoms with Crippen molar-refractivity contribution >= 4 is 5.91 Å². The Hall–Kier alpha value is -2.56. The van der Waals surface area contributed by atoms with Crippen LogP contribution in [-0.2, 0) is 0 Å². The van der Waals surface area contributed by atoms with Gasteiger partial charge in [0.1, 0.15) is 22.8 Å². The first-order valence-corrected chi connectivity index (χ1v) is 11.1. The van der Waals surface area contributed by atoms with Gasteiger partial charge in [0.25, 0.3) is 5.91 Å². The summed E-state index contributed by atoms with van der Waals surface area (Å²) in [7, 11) is 1.70. The predicted octanol–water partition coefficient (Wildman–Crippen LogP) is 5.44. The van der Waals surface area contributed by atoms with Crippen LogP contribution in [0.15, 0.2) is 36.5 Å². The van der Waals surface area contributed by atoms with Gasteiger partial charge in [0.05, 0.1) is 7.11 Å². The Balaban J connectivity index is 2.02. The number of aromatic nitrogens is 1. The number of nitrogens with zero attached hydrogens (tertiary/aromatic N) is 2. The van der Waals surface area contributed by atoms with Gasteiger partial charge >= 0.3 is 0 Å². The molecule has 2 heterocycles. The number of carbonyl (C=O) groups is 1. The SMILES string of the molecule is CCCC1(CC)CC(c2ccc(C(=O)N(CC)CC)nc2)c2c(OC)cccc2O1. The fraction of sp³-hybridized carbons (Fsp3) is 0.520. The average Bonchev–Trinajstić information content (AvgIpc) is 2.79. The number of pyridine rings is 1. The first kappa shape index (κ1) is 22.1. The average molecular weight is 411 g/mol. The van der Waals surface area contributed by atoms with Crippen LogP contribution in [0.4, 0.5) is 0 Å². The van der Waals surface area contributed by atoms with Gasteiger partial charge in [0.15, 0.2) is 0 Å². The summed E-state index contributed by atoms with van der Waals surface area (Å²) in [5.74, 6) is 1.82. The number of rotatable bonds is 8. The summed E-state index contributed by atoms with van der Waals surface area (Å²) in [6, 6.07) is 9.90. The fourth-order valence-corrected chi connectivity index (χ4v) is 4.58. The van der Waals surface area contributed by atoms with Crippen molar-refractivity contribution in [3.63, 3.8) is 0 Å². The Bertz CT molecular complexity index is 861. The van der Waals surface area contributed by atoms with Gasteiger partial charge < -0.3 is 14.4 Å². The van der Waals surface area contributed by atoms with Crippen LogP contribution < -0.4 is 9.47 Å². The lowest BCUT2D eigenvalue weighted by Gasteiger charge is -2.42. The number of methoxy groups -OCH3 is 1. The molecule has 0 aliphatic carbocycles. The molecule has 1 aromatic heterocycles. The molecular formula is C25H34N2O3. The van der Waals surface area contributed by atoms with Gasteiger partial charge in [-0.3, -0.25) is 9.78 Å². The zero-order chi connectivity index (χ0) is 21.7. The van der Waals surface area contributed by atoms with Crippen molar-refractivity contribution in [2.24, 2.45) is 0 Å². The first-order valence-electron chi connectivity index (χ1n) is 11.1. The van der Waals surface area contributed by atoms with Gasteiger partial charge in [-0.1, -0.05) is 32.4 Å². The van der Waals surface area contributed by atoms with E-state index in [0.29, 0.717) is 18.8 Å². The molecule has 30 heavy (non-hydrogen) atoms. The van der Waals surface area contributed by atoms with E-state index in [1.807, 2.05) is 50.4 Å². The number of carbonyl (C=O) groups excluding carboxylic acids is 1. The predicted molar refractivity (Wildman–Crippen MR) is 120 cm³/mol. The second kappa shape index (κ2) is 9.50. The Morgan fingerprint density at radius 3 is 2.53 bits per heavy atom. The highest BCUT2D eigenvalue weighted by Crippen LogP contribution is 2.50. The molecule has 3 rings (SSSR count). The second-order valence-corrected chi connectivity index (χ2v) is 7.97. The third-order valence-corrected chi connectivity index (χ3v) is 6.31. The molecule has 0 saturated carbocycles. The minimum absolute atomic E-state index is 0.0228. The molecule has 0 spiro atoms. The summed E-state index contributed by atoms with van der Waals surface area (Å²) < 4.78 is 12.3. The Morgan fingerprint density at radius 2 is 1.97 bits per heavy atom. The van der Waals surface area contributed by atoms with Gasteiger partial charge in [-0.2, -0.15) is 0 Å². The number of fused-ring (bicyclic) bond motifs is 1. The van der Waals surface area contributed by atoms with E-state index < -0.39 is 0 Å². The van der Waals surface area contributed by atoms with Gasteiger partial charge in [-0.25, -0.2) is 0 Å². The molecule has 0 N–H and O–H groups in total. The van der Waals surface area contributed by atoms with Crippen molar-refractivity contribution in [2.75, 3.05) is 20.2 Å². The van der Waals surface area contributed by atoms with Crippen molar-refractivity contribution in [1.82, 2.24) is 9.88 Å². The lowest BCUT2D eigenvalue weighted by molar-refractivity contribution is 0.0260. The van der Waals surface area contributed by atoms with Crippen molar-refractivity contribution in [2.45, 2.75) is 64.9 Å². The van der Waals surface area contributed by atoms with E-state index in [4.69, 9.17) is 9.47 Å². The molecule has 162 valence electrons. The number of amides is 1. The number of benzene rings is 1. The Labute approximate surface area is 180 Å². The Kier molecular flexibility index (Phi) is 7.01. The summed E-state index contributed by atoms with van der Waals surface area (Å²) in [5.41, 5.74) is 2.46. The standard InChI is InChI=1S/C25H34N2O3/c1-6-15-25(7-2)16-19(23-21(29-5)11-10-12-22(23)30-25)18-13-14-20(26-17-18)24(28)27(8-3)9-4/h10-14,17,19H,6-9,15-16H2,1-5H3. The minimum atomic E-state index is -0.200. The van der Waals surface area contributed by atoms with E-state index in [-0.39, 0.29) is 17.4 Å². The molecule has 1 aliphatic rings. The third-order valence-electron chi connectivity index (χ3n) is 6.31. The van der Waals surface area contributed by atoms with E-state index in [0.717, 1.165) is 48.3 Å². The molecule has 0 bridgehead atoms. The summed E-state index contributed by atoms with van der Waals surface area (Å²) in [5, 5.41) is 0. The summed E-state index contributed by atoms with van der Waals surface area (Å²) in [6.45, 7) is 9.73. The van der Waals surface area contributed by atoms with Crippen LogP contribution in [0.5, 0.6) is 11.5 Å². The van der Waals surface area contributed by atoms with Crippen LogP contribution in [-0.4, -0.2) is 41.6 Å². The quantitative estimate of drug-likeness (QED) is 0.582. The molecule has 5 nitrogen and oxygen atoms in total. The van der Waals surface area contributed by atoms with E-state index in [1.54, 1.807) is 12.0 Å². The summed E-state index contributed by atoms with van der Waals surface area (Å²) >= 11 is 0. The summed E-state index contributed by atoms with van der Waals surface area (Å²) in [4.78, 5) is 19.0. The Morgan fingerprint density at radius 1 is 1.20 bits per heavy atom. The third kappa shape index (κ3) is 4.16. The lowest BCUT2D eigenvalue weighted by Crippen LogP contribution is -2.41. The van der Waals surface area contributed by atoms with Gasteiger partial charge in [0, 0.05) is 30.8 Å². The topological polar surface area (TPSA) is 51.7 Å².